The van der Waals surface area contributed by atoms with Gasteiger partial charge < -0.3 is 20.1 Å². The summed E-state index contributed by atoms with van der Waals surface area (Å²) in [6.45, 7) is 4.03. The van der Waals surface area contributed by atoms with Crippen molar-refractivity contribution in [1.29, 1.82) is 0 Å². The van der Waals surface area contributed by atoms with E-state index in [4.69, 9.17) is 9.47 Å². The molecule has 1 atom stereocenters. The second-order valence-electron chi connectivity index (χ2n) is 6.52. The van der Waals surface area contributed by atoms with Crippen LogP contribution in [0.4, 0.5) is 11.4 Å². The highest BCUT2D eigenvalue weighted by atomic mass is 32.1. The number of ether oxygens (including phenoxy) is 2. The predicted octanol–water partition coefficient (Wildman–Crippen LogP) is 4.79. The molecule has 2 heterocycles. The lowest BCUT2D eigenvalue weighted by Gasteiger charge is -2.23. The highest BCUT2D eigenvalue weighted by Crippen LogP contribution is 2.37. The SMILES string of the molecule is CCOc1cc(-c2ccccc2)sc1C(=O)Nc1ccc2c(c1)NC(=O)C(C)O2. The van der Waals surface area contributed by atoms with Gasteiger partial charge in [0.2, 0.25) is 0 Å². The number of fused-ring (bicyclic) bond motifs is 1. The molecule has 0 spiro atoms. The lowest BCUT2D eigenvalue weighted by Crippen LogP contribution is -2.34. The lowest BCUT2D eigenvalue weighted by molar-refractivity contribution is -0.122. The van der Waals surface area contributed by atoms with Crippen LogP contribution < -0.4 is 20.1 Å². The Morgan fingerprint density at radius 1 is 1.21 bits per heavy atom. The molecule has 1 aromatic heterocycles. The van der Waals surface area contributed by atoms with E-state index in [1.54, 1.807) is 25.1 Å². The number of thiophene rings is 1. The van der Waals surface area contributed by atoms with Gasteiger partial charge in [-0.05, 0) is 43.7 Å². The summed E-state index contributed by atoms with van der Waals surface area (Å²) in [6, 6.07) is 16.9. The fourth-order valence-electron chi connectivity index (χ4n) is 3.01. The number of nitrogens with one attached hydrogen (secondary N) is 2. The summed E-state index contributed by atoms with van der Waals surface area (Å²) in [5.41, 5.74) is 2.12. The molecular weight excluding hydrogens is 388 g/mol. The van der Waals surface area contributed by atoms with E-state index in [9.17, 15) is 9.59 Å². The van der Waals surface area contributed by atoms with E-state index in [2.05, 4.69) is 10.6 Å². The Morgan fingerprint density at radius 2 is 2.00 bits per heavy atom. The molecule has 2 N–H and O–H groups in total. The van der Waals surface area contributed by atoms with Gasteiger partial charge in [0, 0.05) is 10.6 Å². The Hall–Kier alpha value is -3.32. The smallest absolute Gasteiger partial charge is 0.269 e. The maximum absolute atomic E-state index is 12.9. The van der Waals surface area contributed by atoms with E-state index in [0.29, 0.717) is 34.4 Å². The van der Waals surface area contributed by atoms with Crippen LogP contribution in [0.2, 0.25) is 0 Å². The van der Waals surface area contributed by atoms with Crippen molar-refractivity contribution >= 4 is 34.5 Å². The second-order valence-corrected chi connectivity index (χ2v) is 7.57. The minimum absolute atomic E-state index is 0.217. The Kier molecular flexibility index (Phi) is 5.22. The summed E-state index contributed by atoms with van der Waals surface area (Å²) in [6.07, 6.45) is -0.542. The van der Waals surface area contributed by atoms with E-state index in [1.165, 1.54) is 11.3 Å². The quantitative estimate of drug-likeness (QED) is 0.637. The minimum atomic E-state index is -0.542. The molecule has 1 aliphatic heterocycles. The number of hydrogen-bond donors (Lipinski definition) is 2. The van der Waals surface area contributed by atoms with Crippen molar-refractivity contribution in [2.45, 2.75) is 20.0 Å². The first-order chi connectivity index (χ1) is 14.0. The third kappa shape index (κ3) is 3.95. The lowest BCUT2D eigenvalue weighted by atomic mass is 10.2. The van der Waals surface area contributed by atoms with Gasteiger partial charge in [-0.2, -0.15) is 0 Å². The Morgan fingerprint density at radius 3 is 2.76 bits per heavy atom. The average molecular weight is 408 g/mol. The molecule has 0 saturated carbocycles. The number of anilines is 2. The fraction of sp³-hybridized carbons (Fsp3) is 0.182. The molecule has 2 amide bonds. The van der Waals surface area contributed by atoms with E-state index >= 15 is 0 Å². The highest BCUT2D eigenvalue weighted by molar-refractivity contribution is 7.17. The number of amides is 2. The maximum Gasteiger partial charge on any atom is 0.269 e. The van der Waals surface area contributed by atoms with Gasteiger partial charge >= 0.3 is 0 Å². The second kappa shape index (κ2) is 7.97. The first-order valence-electron chi connectivity index (χ1n) is 9.30. The normalized spacial score (nSPS) is 15.1. The van der Waals surface area contributed by atoms with Crippen LogP contribution in [-0.4, -0.2) is 24.5 Å². The van der Waals surface area contributed by atoms with Crippen molar-refractivity contribution in [3.63, 3.8) is 0 Å². The van der Waals surface area contributed by atoms with E-state index in [-0.39, 0.29) is 11.8 Å². The first-order valence-corrected chi connectivity index (χ1v) is 10.1. The molecule has 0 fully saturated rings. The van der Waals surface area contributed by atoms with Gasteiger partial charge in [0.1, 0.15) is 16.4 Å². The van der Waals surface area contributed by atoms with Crippen molar-refractivity contribution in [2.24, 2.45) is 0 Å². The average Bonchev–Trinajstić information content (AvgIpc) is 3.14. The molecule has 0 bridgehead atoms. The van der Waals surface area contributed by atoms with Gasteiger partial charge in [-0.1, -0.05) is 30.3 Å². The zero-order valence-electron chi connectivity index (χ0n) is 16.0. The molecule has 29 heavy (non-hydrogen) atoms. The first kappa shape index (κ1) is 19.0. The van der Waals surface area contributed by atoms with Crippen LogP contribution in [0.3, 0.4) is 0 Å². The van der Waals surface area contributed by atoms with Gasteiger partial charge in [-0.25, -0.2) is 0 Å². The topological polar surface area (TPSA) is 76.7 Å². The molecule has 1 aliphatic rings. The van der Waals surface area contributed by atoms with Crippen LogP contribution in [0.15, 0.2) is 54.6 Å². The predicted molar refractivity (Wildman–Crippen MR) is 114 cm³/mol. The monoisotopic (exact) mass is 408 g/mol. The number of carbonyl (C=O) groups excluding carboxylic acids is 2. The van der Waals surface area contributed by atoms with Crippen LogP contribution in [-0.2, 0) is 4.79 Å². The van der Waals surface area contributed by atoms with Gasteiger partial charge in [0.25, 0.3) is 11.8 Å². The Labute approximate surface area is 172 Å². The molecule has 6 nitrogen and oxygen atoms in total. The number of carbonyl (C=O) groups is 2. The summed E-state index contributed by atoms with van der Waals surface area (Å²) in [7, 11) is 0. The number of hydrogen-bond acceptors (Lipinski definition) is 5. The van der Waals surface area contributed by atoms with E-state index in [1.807, 2.05) is 43.3 Å². The molecule has 148 valence electrons. The number of benzene rings is 2. The van der Waals surface area contributed by atoms with Crippen LogP contribution in [0, 0.1) is 0 Å². The third-order valence-electron chi connectivity index (χ3n) is 4.43. The van der Waals surface area contributed by atoms with Crippen molar-refractivity contribution in [1.82, 2.24) is 0 Å². The minimum Gasteiger partial charge on any atom is -0.492 e. The van der Waals surface area contributed by atoms with Gasteiger partial charge in [0.05, 0.1) is 12.3 Å². The molecular formula is C22H20N2O4S. The summed E-state index contributed by atoms with van der Waals surface area (Å²) in [5, 5.41) is 5.67. The Bertz CT molecular complexity index is 1060. The molecule has 1 unspecified atom stereocenters. The summed E-state index contributed by atoms with van der Waals surface area (Å²) >= 11 is 1.38. The summed E-state index contributed by atoms with van der Waals surface area (Å²) in [4.78, 5) is 26.2. The zero-order chi connectivity index (χ0) is 20.4. The molecule has 4 rings (SSSR count). The fourth-order valence-corrected chi connectivity index (χ4v) is 4.02. The van der Waals surface area contributed by atoms with Gasteiger partial charge in [-0.15, -0.1) is 11.3 Å². The van der Waals surface area contributed by atoms with Crippen LogP contribution in [0.5, 0.6) is 11.5 Å². The molecule has 0 saturated heterocycles. The molecule has 7 heteroatoms. The zero-order valence-corrected chi connectivity index (χ0v) is 16.8. The molecule has 2 aromatic carbocycles. The number of rotatable bonds is 5. The van der Waals surface area contributed by atoms with Crippen LogP contribution in [0.1, 0.15) is 23.5 Å². The van der Waals surface area contributed by atoms with Crippen LogP contribution in [0.25, 0.3) is 10.4 Å². The van der Waals surface area contributed by atoms with Gasteiger partial charge in [0.15, 0.2) is 6.10 Å². The third-order valence-corrected chi connectivity index (χ3v) is 5.59. The molecule has 0 radical (unpaired) electrons. The maximum atomic E-state index is 12.9. The van der Waals surface area contributed by atoms with E-state index < -0.39 is 6.10 Å². The van der Waals surface area contributed by atoms with E-state index in [0.717, 1.165) is 10.4 Å². The standard InChI is InChI=1S/C22H20N2O4S/c1-3-27-18-12-19(14-7-5-4-6-8-14)29-20(18)22(26)23-15-9-10-17-16(11-15)24-21(25)13(2)28-17/h4-13H,3H2,1-2H3,(H,23,26)(H,24,25). The Balaban J connectivity index is 1.59. The largest absolute Gasteiger partial charge is 0.492 e. The molecule has 3 aromatic rings. The van der Waals surface area contributed by atoms with Crippen molar-refractivity contribution in [3.8, 4) is 21.9 Å². The van der Waals surface area contributed by atoms with Crippen molar-refractivity contribution in [2.75, 3.05) is 17.2 Å². The summed E-state index contributed by atoms with van der Waals surface area (Å²) in [5.74, 6) is 0.646. The van der Waals surface area contributed by atoms with Crippen LogP contribution >= 0.6 is 11.3 Å². The molecule has 0 aliphatic carbocycles. The van der Waals surface area contributed by atoms with Crippen molar-refractivity contribution in [3.05, 3.63) is 59.5 Å². The van der Waals surface area contributed by atoms with Gasteiger partial charge in [-0.3, -0.25) is 9.59 Å². The van der Waals surface area contributed by atoms with Crippen molar-refractivity contribution < 1.29 is 19.1 Å². The highest BCUT2D eigenvalue weighted by Gasteiger charge is 2.24. The summed E-state index contributed by atoms with van der Waals surface area (Å²) < 4.78 is 11.2.